The zero-order chi connectivity index (χ0) is 9.94. The van der Waals surface area contributed by atoms with Gasteiger partial charge in [-0.05, 0) is 12.2 Å². The molecular formula is C9H19ClO2S. The first-order valence-electron chi connectivity index (χ1n) is 4.55. The third-order valence-electron chi connectivity index (χ3n) is 1.48. The van der Waals surface area contributed by atoms with Crippen LogP contribution in [-0.4, -0.2) is 43.8 Å². The maximum absolute atomic E-state index is 5.66. The number of halogens is 1. The Balaban J connectivity index is 2.91. The third-order valence-corrected chi connectivity index (χ3v) is 3.39. The van der Waals surface area contributed by atoms with Crippen LogP contribution in [0, 0.1) is 0 Å². The van der Waals surface area contributed by atoms with E-state index in [4.69, 9.17) is 21.1 Å². The molecule has 0 aromatic carbocycles. The minimum absolute atomic E-state index is 0.556. The van der Waals surface area contributed by atoms with Gasteiger partial charge in [-0.25, -0.2) is 0 Å². The average molecular weight is 227 g/mol. The van der Waals surface area contributed by atoms with Crippen molar-refractivity contribution in [3.8, 4) is 0 Å². The molecule has 0 spiro atoms. The smallest absolute Gasteiger partial charge is 0.0700 e. The van der Waals surface area contributed by atoms with E-state index in [9.17, 15) is 0 Å². The van der Waals surface area contributed by atoms with E-state index in [0.717, 1.165) is 24.7 Å². The lowest BCUT2D eigenvalue weighted by Gasteiger charge is -2.07. The molecule has 0 saturated carbocycles. The van der Waals surface area contributed by atoms with Crippen LogP contribution in [-0.2, 0) is 9.47 Å². The Labute approximate surface area is 90.3 Å². The van der Waals surface area contributed by atoms with Crippen LogP contribution < -0.4 is 0 Å². The Morgan fingerprint density at radius 3 is 2.69 bits per heavy atom. The lowest BCUT2D eigenvalue weighted by atomic mass is 10.5. The maximum Gasteiger partial charge on any atom is 0.0700 e. The van der Waals surface area contributed by atoms with Crippen LogP contribution in [0.1, 0.15) is 13.3 Å². The summed E-state index contributed by atoms with van der Waals surface area (Å²) in [6.07, 6.45) is 1.09. The van der Waals surface area contributed by atoms with Gasteiger partial charge in [0.25, 0.3) is 0 Å². The van der Waals surface area contributed by atoms with E-state index in [1.165, 1.54) is 0 Å². The zero-order valence-electron chi connectivity index (χ0n) is 8.42. The third kappa shape index (κ3) is 10.5. The Morgan fingerprint density at radius 2 is 2.08 bits per heavy atom. The highest BCUT2D eigenvalue weighted by atomic mass is 35.5. The minimum Gasteiger partial charge on any atom is -0.382 e. The lowest BCUT2D eigenvalue weighted by molar-refractivity contribution is 0.0713. The zero-order valence-corrected chi connectivity index (χ0v) is 10.00. The molecule has 80 valence electrons. The molecule has 0 aliphatic carbocycles. The summed E-state index contributed by atoms with van der Waals surface area (Å²) in [6, 6.07) is 0. The molecule has 0 radical (unpaired) electrons. The van der Waals surface area contributed by atoms with Gasteiger partial charge in [0.05, 0.1) is 13.2 Å². The summed E-state index contributed by atoms with van der Waals surface area (Å²) in [7, 11) is 1.68. The molecule has 4 heteroatoms. The van der Waals surface area contributed by atoms with Crippen LogP contribution in [0.15, 0.2) is 0 Å². The molecule has 0 amide bonds. The van der Waals surface area contributed by atoms with E-state index in [0.29, 0.717) is 18.5 Å². The fourth-order valence-electron chi connectivity index (χ4n) is 0.734. The van der Waals surface area contributed by atoms with Gasteiger partial charge < -0.3 is 9.47 Å². The summed E-state index contributed by atoms with van der Waals surface area (Å²) in [5.41, 5.74) is 0. The van der Waals surface area contributed by atoms with Gasteiger partial charge in [0.1, 0.15) is 0 Å². The normalized spacial score (nSPS) is 13.2. The van der Waals surface area contributed by atoms with Crippen molar-refractivity contribution in [3.63, 3.8) is 0 Å². The van der Waals surface area contributed by atoms with E-state index in [-0.39, 0.29) is 0 Å². The summed E-state index contributed by atoms with van der Waals surface area (Å²) in [5, 5.41) is 0.556. The molecule has 0 N–H and O–H groups in total. The summed E-state index contributed by atoms with van der Waals surface area (Å²) < 4.78 is 10.2. The van der Waals surface area contributed by atoms with E-state index < -0.39 is 0 Å². The van der Waals surface area contributed by atoms with Crippen LogP contribution in [0.5, 0.6) is 0 Å². The SMILES string of the molecule is COCCOCCCSC(C)CCl. The molecule has 0 aliphatic heterocycles. The molecule has 0 heterocycles. The molecule has 2 nitrogen and oxygen atoms in total. The Kier molecular flexibility index (Phi) is 11.1. The van der Waals surface area contributed by atoms with Crippen molar-refractivity contribution in [1.29, 1.82) is 0 Å². The predicted octanol–water partition coefficient (Wildman–Crippen LogP) is 2.40. The number of hydrogen-bond acceptors (Lipinski definition) is 3. The van der Waals surface area contributed by atoms with Gasteiger partial charge in [0, 0.05) is 24.8 Å². The van der Waals surface area contributed by atoms with Crippen molar-refractivity contribution >= 4 is 23.4 Å². The minimum atomic E-state index is 0.556. The van der Waals surface area contributed by atoms with Crippen molar-refractivity contribution < 1.29 is 9.47 Å². The van der Waals surface area contributed by atoms with Crippen molar-refractivity contribution in [2.75, 3.05) is 38.6 Å². The number of ether oxygens (including phenoxy) is 2. The first kappa shape index (κ1) is 13.6. The number of rotatable bonds is 9. The molecule has 0 aromatic rings. The fourth-order valence-corrected chi connectivity index (χ4v) is 1.78. The summed E-state index contributed by atoms with van der Waals surface area (Å²) in [4.78, 5) is 0. The van der Waals surface area contributed by atoms with E-state index in [1.54, 1.807) is 7.11 Å². The first-order chi connectivity index (χ1) is 6.31. The van der Waals surface area contributed by atoms with E-state index in [2.05, 4.69) is 6.92 Å². The fraction of sp³-hybridized carbons (Fsp3) is 1.00. The Bertz CT molecular complexity index is 104. The molecule has 13 heavy (non-hydrogen) atoms. The molecule has 0 aromatic heterocycles. The van der Waals surface area contributed by atoms with Crippen LogP contribution in [0.25, 0.3) is 0 Å². The van der Waals surface area contributed by atoms with Gasteiger partial charge >= 0.3 is 0 Å². The lowest BCUT2D eigenvalue weighted by Crippen LogP contribution is -2.05. The summed E-state index contributed by atoms with van der Waals surface area (Å²) in [6.45, 7) is 4.35. The molecule has 0 bridgehead atoms. The standard InChI is InChI=1S/C9H19ClO2S/c1-9(8-10)13-7-3-4-12-6-5-11-2/h9H,3-8H2,1-2H3. The largest absolute Gasteiger partial charge is 0.382 e. The second kappa shape index (κ2) is 10.6. The highest BCUT2D eigenvalue weighted by molar-refractivity contribution is 7.99. The van der Waals surface area contributed by atoms with Gasteiger partial charge in [-0.15, -0.1) is 11.6 Å². The van der Waals surface area contributed by atoms with Gasteiger partial charge in [-0.1, -0.05) is 6.92 Å². The van der Waals surface area contributed by atoms with Crippen LogP contribution in [0.4, 0.5) is 0 Å². The number of alkyl halides is 1. The van der Waals surface area contributed by atoms with Gasteiger partial charge in [0.15, 0.2) is 0 Å². The quantitative estimate of drug-likeness (QED) is 0.444. The topological polar surface area (TPSA) is 18.5 Å². The molecule has 1 atom stereocenters. The van der Waals surface area contributed by atoms with Crippen LogP contribution >= 0.6 is 23.4 Å². The van der Waals surface area contributed by atoms with Crippen molar-refractivity contribution in [2.24, 2.45) is 0 Å². The number of hydrogen-bond donors (Lipinski definition) is 0. The second-order valence-corrected chi connectivity index (χ2v) is 4.65. The van der Waals surface area contributed by atoms with Crippen molar-refractivity contribution in [2.45, 2.75) is 18.6 Å². The van der Waals surface area contributed by atoms with E-state index >= 15 is 0 Å². The van der Waals surface area contributed by atoms with Gasteiger partial charge in [-0.2, -0.15) is 11.8 Å². The van der Waals surface area contributed by atoms with Crippen molar-refractivity contribution in [1.82, 2.24) is 0 Å². The van der Waals surface area contributed by atoms with E-state index in [1.807, 2.05) is 11.8 Å². The molecule has 0 saturated heterocycles. The highest BCUT2D eigenvalue weighted by Gasteiger charge is 1.98. The maximum atomic E-state index is 5.66. The first-order valence-corrected chi connectivity index (χ1v) is 6.13. The highest BCUT2D eigenvalue weighted by Crippen LogP contribution is 2.12. The second-order valence-electron chi connectivity index (χ2n) is 2.79. The Hall–Kier alpha value is 0.560. The molecule has 0 rings (SSSR count). The van der Waals surface area contributed by atoms with Crippen LogP contribution in [0.2, 0.25) is 0 Å². The predicted molar refractivity (Wildman–Crippen MR) is 60.0 cm³/mol. The van der Waals surface area contributed by atoms with Crippen LogP contribution in [0.3, 0.4) is 0 Å². The molecule has 0 aliphatic rings. The molecular weight excluding hydrogens is 208 g/mol. The monoisotopic (exact) mass is 226 g/mol. The number of methoxy groups -OCH3 is 1. The molecule has 1 unspecified atom stereocenters. The summed E-state index contributed by atoms with van der Waals surface area (Å²) >= 11 is 7.56. The number of thioether (sulfide) groups is 1. The Morgan fingerprint density at radius 1 is 1.31 bits per heavy atom. The van der Waals surface area contributed by atoms with Crippen molar-refractivity contribution in [3.05, 3.63) is 0 Å². The summed E-state index contributed by atoms with van der Waals surface area (Å²) in [5.74, 6) is 1.86. The van der Waals surface area contributed by atoms with Gasteiger partial charge in [0.2, 0.25) is 0 Å². The average Bonchev–Trinajstić information content (AvgIpc) is 2.16. The molecule has 0 fully saturated rings. The van der Waals surface area contributed by atoms with Gasteiger partial charge in [-0.3, -0.25) is 0 Å².